The third-order valence-corrected chi connectivity index (χ3v) is 4.02. The van der Waals surface area contributed by atoms with Gasteiger partial charge in [0, 0.05) is 11.1 Å². The molecule has 0 aliphatic rings. The van der Waals surface area contributed by atoms with E-state index in [1.807, 2.05) is 18.2 Å². The van der Waals surface area contributed by atoms with Gasteiger partial charge in [0.1, 0.15) is 24.7 Å². The molecule has 0 radical (unpaired) electrons. The van der Waals surface area contributed by atoms with Crippen LogP contribution in [0, 0.1) is 0 Å². The van der Waals surface area contributed by atoms with Gasteiger partial charge in [0.15, 0.2) is 5.75 Å². The SMILES string of the molecule is COc1ccc(CCN)c(OCCOc2c(Cl)cc(Cl)cc2Cl)c1. The van der Waals surface area contributed by atoms with Crippen molar-refractivity contribution in [2.75, 3.05) is 26.9 Å². The highest BCUT2D eigenvalue weighted by Crippen LogP contribution is 2.35. The van der Waals surface area contributed by atoms with Crippen molar-refractivity contribution in [1.29, 1.82) is 0 Å². The molecule has 0 heterocycles. The summed E-state index contributed by atoms with van der Waals surface area (Å²) in [5.74, 6) is 1.83. The van der Waals surface area contributed by atoms with Crippen molar-refractivity contribution in [3.63, 3.8) is 0 Å². The number of methoxy groups -OCH3 is 1. The van der Waals surface area contributed by atoms with Crippen LogP contribution in [0.4, 0.5) is 0 Å². The van der Waals surface area contributed by atoms with Crippen LogP contribution in [0.25, 0.3) is 0 Å². The lowest BCUT2D eigenvalue weighted by Crippen LogP contribution is -2.11. The van der Waals surface area contributed by atoms with Crippen LogP contribution in [-0.2, 0) is 6.42 Å². The Hall–Kier alpha value is -1.33. The summed E-state index contributed by atoms with van der Waals surface area (Å²) < 4.78 is 16.6. The van der Waals surface area contributed by atoms with Crippen LogP contribution in [0.1, 0.15) is 5.56 Å². The largest absolute Gasteiger partial charge is 0.497 e. The van der Waals surface area contributed by atoms with Crippen molar-refractivity contribution < 1.29 is 14.2 Å². The molecule has 2 aromatic carbocycles. The average Bonchev–Trinajstić information content (AvgIpc) is 2.54. The third kappa shape index (κ3) is 5.08. The van der Waals surface area contributed by atoms with E-state index in [-0.39, 0.29) is 6.61 Å². The van der Waals surface area contributed by atoms with E-state index < -0.39 is 0 Å². The van der Waals surface area contributed by atoms with Crippen molar-refractivity contribution in [3.8, 4) is 17.2 Å². The van der Waals surface area contributed by atoms with E-state index in [4.69, 9.17) is 54.7 Å². The number of ether oxygens (including phenoxy) is 3. The van der Waals surface area contributed by atoms with Gasteiger partial charge in [0.2, 0.25) is 0 Å². The molecule has 0 saturated heterocycles. The first kappa shape index (κ1) is 19.0. The quantitative estimate of drug-likeness (QED) is 0.669. The highest BCUT2D eigenvalue weighted by Gasteiger charge is 2.10. The number of hydrogen-bond donors (Lipinski definition) is 1. The van der Waals surface area contributed by atoms with E-state index >= 15 is 0 Å². The van der Waals surface area contributed by atoms with Gasteiger partial charge in [-0.15, -0.1) is 0 Å². The highest BCUT2D eigenvalue weighted by molar-refractivity contribution is 6.40. The van der Waals surface area contributed by atoms with Crippen LogP contribution in [0.15, 0.2) is 30.3 Å². The zero-order chi connectivity index (χ0) is 17.5. The van der Waals surface area contributed by atoms with E-state index in [2.05, 4.69) is 0 Å². The summed E-state index contributed by atoms with van der Waals surface area (Å²) in [6, 6.07) is 8.79. The predicted molar refractivity (Wildman–Crippen MR) is 98.2 cm³/mol. The summed E-state index contributed by atoms with van der Waals surface area (Å²) in [6.07, 6.45) is 0.717. The standard InChI is InChI=1S/C17H18Cl3NO3/c1-22-13-3-2-11(4-5-21)16(10-13)23-6-7-24-17-14(19)8-12(18)9-15(17)20/h2-3,8-10H,4-7,21H2,1H3. The zero-order valence-corrected chi connectivity index (χ0v) is 15.4. The van der Waals surface area contributed by atoms with Gasteiger partial charge in [0.25, 0.3) is 0 Å². The van der Waals surface area contributed by atoms with E-state index in [0.717, 1.165) is 23.5 Å². The molecule has 7 heteroatoms. The molecule has 2 rings (SSSR count). The Morgan fingerprint density at radius 3 is 2.25 bits per heavy atom. The first-order valence-electron chi connectivity index (χ1n) is 7.32. The Morgan fingerprint density at radius 1 is 0.958 bits per heavy atom. The van der Waals surface area contributed by atoms with Gasteiger partial charge in [-0.1, -0.05) is 40.9 Å². The second kappa shape index (κ2) is 9.23. The summed E-state index contributed by atoms with van der Waals surface area (Å²) in [5.41, 5.74) is 6.64. The fourth-order valence-corrected chi connectivity index (χ4v) is 3.05. The second-order valence-corrected chi connectivity index (χ2v) is 6.16. The fourth-order valence-electron chi connectivity index (χ4n) is 2.12. The van der Waals surface area contributed by atoms with Gasteiger partial charge in [-0.25, -0.2) is 0 Å². The minimum Gasteiger partial charge on any atom is -0.497 e. The minimum absolute atomic E-state index is 0.278. The maximum atomic E-state index is 6.07. The van der Waals surface area contributed by atoms with Crippen molar-refractivity contribution in [2.45, 2.75) is 6.42 Å². The molecule has 130 valence electrons. The van der Waals surface area contributed by atoms with Crippen LogP contribution >= 0.6 is 34.8 Å². The summed E-state index contributed by atoms with van der Waals surface area (Å²) in [7, 11) is 1.61. The van der Waals surface area contributed by atoms with E-state index in [9.17, 15) is 0 Å². The average molecular weight is 391 g/mol. The topological polar surface area (TPSA) is 53.7 Å². The molecule has 2 N–H and O–H groups in total. The van der Waals surface area contributed by atoms with Gasteiger partial charge < -0.3 is 19.9 Å². The lowest BCUT2D eigenvalue weighted by molar-refractivity contribution is 0.215. The van der Waals surface area contributed by atoms with Crippen molar-refractivity contribution >= 4 is 34.8 Å². The van der Waals surface area contributed by atoms with Crippen LogP contribution in [0.3, 0.4) is 0 Å². The first-order valence-corrected chi connectivity index (χ1v) is 8.45. The predicted octanol–water partition coefficient (Wildman–Crippen LogP) is 4.61. The van der Waals surface area contributed by atoms with E-state index in [1.54, 1.807) is 19.2 Å². The molecule has 0 bridgehead atoms. The summed E-state index contributed by atoms with van der Waals surface area (Å²) in [6.45, 7) is 1.13. The monoisotopic (exact) mass is 389 g/mol. The minimum atomic E-state index is 0.278. The molecule has 0 amide bonds. The molecule has 0 atom stereocenters. The summed E-state index contributed by atoms with van der Waals surface area (Å²) in [4.78, 5) is 0. The van der Waals surface area contributed by atoms with Gasteiger partial charge in [0.05, 0.1) is 17.2 Å². The van der Waals surface area contributed by atoms with Crippen LogP contribution < -0.4 is 19.9 Å². The number of benzene rings is 2. The Balaban J connectivity index is 1.97. The number of halogens is 3. The first-order chi connectivity index (χ1) is 11.5. The Labute approximate surface area is 156 Å². The Bertz CT molecular complexity index is 672. The molecule has 0 unspecified atom stereocenters. The molecule has 0 spiro atoms. The Morgan fingerprint density at radius 2 is 1.62 bits per heavy atom. The lowest BCUT2D eigenvalue weighted by atomic mass is 10.1. The van der Waals surface area contributed by atoms with E-state index in [1.165, 1.54) is 0 Å². The zero-order valence-electron chi connectivity index (χ0n) is 13.2. The third-order valence-electron chi connectivity index (χ3n) is 3.24. The maximum Gasteiger partial charge on any atom is 0.156 e. The van der Waals surface area contributed by atoms with Crippen LogP contribution in [0.5, 0.6) is 17.2 Å². The molecule has 24 heavy (non-hydrogen) atoms. The number of hydrogen-bond acceptors (Lipinski definition) is 4. The number of nitrogens with two attached hydrogens (primary N) is 1. The van der Waals surface area contributed by atoms with Crippen LogP contribution in [0.2, 0.25) is 15.1 Å². The molecule has 4 nitrogen and oxygen atoms in total. The van der Waals surface area contributed by atoms with Gasteiger partial charge in [-0.05, 0) is 36.7 Å². The molecule has 0 aliphatic heterocycles. The van der Waals surface area contributed by atoms with Crippen molar-refractivity contribution in [2.24, 2.45) is 5.73 Å². The number of rotatable bonds is 8. The molecular weight excluding hydrogens is 373 g/mol. The molecule has 0 aromatic heterocycles. The highest BCUT2D eigenvalue weighted by atomic mass is 35.5. The van der Waals surface area contributed by atoms with Crippen molar-refractivity contribution in [3.05, 3.63) is 51.0 Å². The van der Waals surface area contributed by atoms with Gasteiger partial charge in [-0.3, -0.25) is 0 Å². The van der Waals surface area contributed by atoms with Gasteiger partial charge >= 0.3 is 0 Å². The normalized spacial score (nSPS) is 10.5. The smallest absolute Gasteiger partial charge is 0.156 e. The molecular formula is C17H18Cl3NO3. The molecule has 2 aromatic rings. The Kier molecular flexibility index (Phi) is 7.31. The van der Waals surface area contributed by atoms with E-state index in [0.29, 0.717) is 34.0 Å². The fraction of sp³-hybridized carbons (Fsp3) is 0.294. The van der Waals surface area contributed by atoms with Crippen LogP contribution in [-0.4, -0.2) is 26.9 Å². The maximum absolute atomic E-state index is 6.07. The summed E-state index contributed by atoms with van der Waals surface area (Å²) in [5, 5.41) is 1.17. The summed E-state index contributed by atoms with van der Waals surface area (Å²) >= 11 is 18.0. The van der Waals surface area contributed by atoms with Gasteiger partial charge in [-0.2, -0.15) is 0 Å². The molecule has 0 fully saturated rings. The van der Waals surface area contributed by atoms with Crippen molar-refractivity contribution in [1.82, 2.24) is 0 Å². The molecule has 0 aliphatic carbocycles. The lowest BCUT2D eigenvalue weighted by Gasteiger charge is -2.14. The molecule has 0 saturated carbocycles. The second-order valence-electron chi connectivity index (χ2n) is 4.91.